The third kappa shape index (κ3) is 20.7. The average molecular weight is 649 g/mol. The van der Waals surface area contributed by atoms with Gasteiger partial charge in [-0.05, 0) is 19.3 Å². The zero-order valence-electron chi connectivity index (χ0n) is 15.6. The smallest absolute Gasteiger partial charge is 0.485 e. The minimum Gasteiger partial charge on any atom is -0.741 e. The first kappa shape index (κ1) is 35.4. The molecule has 0 unspecified atom stereocenters. The summed E-state index contributed by atoms with van der Waals surface area (Å²) in [6.07, 6.45) is 5.43. The summed E-state index contributed by atoms with van der Waals surface area (Å²) in [5.41, 5.74) is -11.3. The number of nitrogens with zero attached hydrogens (tertiary/aromatic N) is 1. The number of unbranched alkanes of at least 4 members (excludes halogenated alkanes) is 2. The van der Waals surface area contributed by atoms with Crippen LogP contribution in [0.1, 0.15) is 39.5 Å². The van der Waals surface area contributed by atoms with Crippen molar-refractivity contribution >= 4 is 20.2 Å². The van der Waals surface area contributed by atoms with Gasteiger partial charge in [-0.3, -0.25) is 0 Å². The Balaban J connectivity index is -0.000000155. The maximum Gasteiger partial charge on any atom is 0.485 e. The maximum absolute atomic E-state index is 10.7. The van der Waals surface area contributed by atoms with Crippen molar-refractivity contribution in [3.63, 3.8) is 0 Å². The Morgan fingerprint density at radius 3 is 1.18 bits per heavy atom. The van der Waals surface area contributed by atoms with E-state index >= 15 is 0 Å². The van der Waals surface area contributed by atoms with Gasteiger partial charge in [-0.1, -0.05) is 20.3 Å². The SMILES string of the molecule is CCCCC[N+](C)(C)CCC.O=S(=O)([O-])C(F)(F)F.O=S(=O)([O-])C(F)(F)F.[Ir]. The van der Waals surface area contributed by atoms with Crippen LogP contribution in [0, 0.1) is 0 Å². The van der Waals surface area contributed by atoms with Gasteiger partial charge in [-0.15, -0.1) is 0 Å². The summed E-state index contributed by atoms with van der Waals surface area (Å²) in [6.45, 7) is 7.20. The van der Waals surface area contributed by atoms with Crippen LogP contribution in [-0.2, 0) is 40.3 Å². The van der Waals surface area contributed by atoms with E-state index < -0.39 is 31.3 Å². The number of halogens is 6. The molecule has 0 spiro atoms. The molecule has 177 valence electrons. The predicted molar refractivity (Wildman–Crippen MR) is 83.2 cm³/mol. The third-order valence-electron chi connectivity index (χ3n) is 2.76. The minimum absolute atomic E-state index is 0. The fourth-order valence-electron chi connectivity index (χ4n) is 1.51. The van der Waals surface area contributed by atoms with Gasteiger partial charge in [0.15, 0.2) is 20.2 Å². The van der Waals surface area contributed by atoms with Gasteiger partial charge in [0, 0.05) is 20.1 Å². The van der Waals surface area contributed by atoms with Gasteiger partial charge < -0.3 is 13.6 Å². The summed E-state index contributed by atoms with van der Waals surface area (Å²) in [5, 5.41) is 0. The molecule has 0 fully saturated rings. The van der Waals surface area contributed by atoms with Crippen LogP contribution in [0.5, 0.6) is 0 Å². The Kier molecular flexibility index (Phi) is 17.8. The molecule has 0 bridgehead atoms. The monoisotopic (exact) mass is 649 g/mol. The third-order valence-corrected chi connectivity index (χ3v) is 3.90. The van der Waals surface area contributed by atoms with E-state index in [4.69, 9.17) is 25.9 Å². The second kappa shape index (κ2) is 14.1. The van der Waals surface area contributed by atoms with Gasteiger partial charge in [-0.25, -0.2) is 16.8 Å². The van der Waals surface area contributed by atoms with Crippen LogP contribution in [0.4, 0.5) is 26.3 Å². The number of quaternary nitrogens is 1. The Morgan fingerprint density at radius 2 is 1.00 bits per heavy atom. The summed E-state index contributed by atoms with van der Waals surface area (Å²) in [4.78, 5) is 0. The van der Waals surface area contributed by atoms with Crippen molar-refractivity contribution in [1.29, 1.82) is 0 Å². The van der Waals surface area contributed by atoms with Gasteiger partial charge in [0.05, 0.1) is 27.2 Å². The molecule has 0 N–H and O–H groups in total. The Labute approximate surface area is 174 Å². The molecule has 0 aromatic carbocycles. The van der Waals surface area contributed by atoms with Crippen molar-refractivity contribution in [2.75, 3.05) is 27.2 Å². The maximum atomic E-state index is 10.7. The van der Waals surface area contributed by atoms with Crippen LogP contribution in [0.2, 0.25) is 0 Å². The molecule has 0 heterocycles. The first-order valence-electron chi connectivity index (χ1n) is 7.48. The van der Waals surface area contributed by atoms with Crippen LogP contribution >= 0.6 is 0 Å². The topological polar surface area (TPSA) is 114 Å². The first-order valence-corrected chi connectivity index (χ1v) is 10.3. The van der Waals surface area contributed by atoms with Crippen molar-refractivity contribution < 1.29 is 76.9 Å². The molecule has 0 saturated heterocycles. The van der Waals surface area contributed by atoms with E-state index in [2.05, 4.69) is 27.9 Å². The van der Waals surface area contributed by atoms with Gasteiger partial charge in [-0.2, -0.15) is 26.3 Å². The molecule has 28 heavy (non-hydrogen) atoms. The predicted octanol–water partition coefficient (Wildman–Crippen LogP) is 2.76. The molecule has 0 aromatic heterocycles. The van der Waals surface area contributed by atoms with Crippen LogP contribution < -0.4 is 0 Å². The summed E-state index contributed by atoms with van der Waals surface area (Å²) < 4.78 is 119. The molecule has 7 nitrogen and oxygen atoms in total. The van der Waals surface area contributed by atoms with Gasteiger partial charge in [0.1, 0.15) is 0 Å². The summed E-state index contributed by atoms with van der Waals surface area (Å²) in [5.74, 6) is 0. The number of hydrogen-bond donors (Lipinski definition) is 0. The Bertz CT molecular complexity index is 563. The largest absolute Gasteiger partial charge is 0.741 e. The minimum atomic E-state index is -6.09. The van der Waals surface area contributed by atoms with Gasteiger partial charge in [0.25, 0.3) is 0 Å². The van der Waals surface area contributed by atoms with Crippen molar-refractivity contribution in [3.05, 3.63) is 0 Å². The fraction of sp³-hybridized carbons (Fsp3) is 1.00. The molecule has 0 rings (SSSR count). The van der Waals surface area contributed by atoms with Crippen molar-refractivity contribution in [2.24, 2.45) is 0 Å². The fourth-order valence-corrected chi connectivity index (χ4v) is 1.51. The van der Waals surface area contributed by atoms with Crippen molar-refractivity contribution in [1.82, 2.24) is 0 Å². The van der Waals surface area contributed by atoms with Crippen LogP contribution in [-0.4, -0.2) is 68.6 Å². The van der Waals surface area contributed by atoms with E-state index in [0.717, 1.165) is 0 Å². The molecule has 0 aromatic rings. The second-order valence-corrected chi connectivity index (χ2v) is 8.63. The first-order chi connectivity index (χ1) is 11.6. The van der Waals surface area contributed by atoms with E-state index in [1.807, 2.05) is 0 Å². The van der Waals surface area contributed by atoms with E-state index in [1.165, 1.54) is 43.3 Å². The Hall–Kier alpha value is 0.00935. The van der Waals surface area contributed by atoms with E-state index in [-0.39, 0.29) is 20.1 Å². The summed E-state index contributed by atoms with van der Waals surface area (Å²) >= 11 is 0. The zero-order valence-corrected chi connectivity index (χ0v) is 19.6. The second-order valence-electron chi connectivity index (χ2n) is 5.89. The van der Waals surface area contributed by atoms with Crippen molar-refractivity contribution in [3.8, 4) is 0 Å². The van der Waals surface area contributed by atoms with E-state index in [1.54, 1.807) is 0 Å². The molecular formula is C12H24F6IrNO6S2-. The van der Waals surface area contributed by atoms with Crippen LogP contribution in [0.15, 0.2) is 0 Å². The van der Waals surface area contributed by atoms with Crippen molar-refractivity contribution in [2.45, 2.75) is 50.5 Å². The molecule has 0 amide bonds. The molecule has 0 aliphatic heterocycles. The molecule has 0 saturated carbocycles. The molecule has 0 aliphatic rings. The quantitative estimate of drug-likeness (QED) is 0.144. The molecular weight excluding hydrogens is 624 g/mol. The van der Waals surface area contributed by atoms with Crippen LogP contribution in [0.25, 0.3) is 0 Å². The number of rotatable bonds is 6. The number of hydrogen-bond acceptors (Lipinski definition) is 6. The zero-order chi connectivity index (χ0) is 22.7. The summed E-state index contributed by atoms with van der Waals surface area (Å²) in [6, 6.07) is 0. The molecule has 0 atom stereocenters. The molecule has 0 aliphatic carbocycles. The van der Waals surface area contributed by atoms with Gasteiger partial charge in [0.2, 0.25) is 0 Å². The Morgan fingerprint density at radius 1 is 0.714 bits per heavy atom. The molecule has 16 heteroatoms. The summed E-state index contributed by atoms with van der Waals surface area (Å²) in [7, 11) is -7.52. The standard InChI is InChI=1S/C10H24N.2CHF3O3S.Ir/c1-5-7-8-10-11(3,4)9-6-2;2*2-1(3,4)8(5,6)7;/h5-10H2,1-4H3;2*(H,5,6,7);/q+1;;;/p-2. The van der Waals surface area contributed by atoms with Crippen LogP contribution in [0.3, 0.4) is 0 Å². The van der Waals surface area contributed by atoms with Gasteiger partial charge >= 0.3 is 11.0 Å². The van der Waals surface area contributed by atoms with E-state index in [9.17, 15) is 26.3 Å². The number of alkyl halides is 6. The molecule has 1 radical (unpaired) electrons. The van der Waals surface area contributed by atoms with E-state index in [0.29, 0.717) is 0 Å². The average Bonchev–Trinajstić information content (AvgIpc) is 2.35. The normalized spacial score (nSPS) is 12.7.